The molecular formula is C23H20ClN3O2. The third kappa shape index (κ3) is 4.46. The van der Waals surface area contributed by atoms with Gasteiger partial charge in [-0.1, -0.05) is 35.9 Å². The molecule has 0 atom stereocenters. The Bertz CT molecular complexity index is 1050. The summed E-state index contributed by atoms with van der Waals surface area (Å²) >= 11 is 6.11. The van der Waals surface area contributed by atoms with Gasteiger partial charge in [-0.05, 0) is 53.4 Å². The highest BCUT2D eigenvalue weighted by Gasteiger charge is 2.21. The SMILES string of the molecule is O=C(Nc1ccc2c(c1)CN(C(=O)Cc1cccnc1)CC2)c1ccccc1Cl. The molecule has 0 saturated heterocycles. The standard InChI is InChI=1S/C23H20ClN3O2/c24-21-6-2-1-5-20(21)23(29)26-19-8-7-17-9-11-27(15-18(17)13-19)22(28)12-16-4-3-10-25-14-16/h1-8,10,13-14H,9,11-12,15H2,(H,26,29). The molecule has 0 aliphatic carbocycles. The monoisotopic (exact) mass is 405 g/mol. The highest BCUT2D eigenvalue weighted by molar-refractivity contribution is 6.34. The number of carbonyl (C=O) groups excluding carboxylic acids is 2. The molecular weight excluding hydrogens is 386 g/mol. The number of fused-ring (bicyclic) bond motifs is 1. The van der Waals surface area contributed by atoms with E-state index in [4.69, 9.17) is 11.6 Å². The van der Waals surface area contributed by atoms with Crippen molar-refractivity contribution in [2.24, 2.45) is 0 Å². The topological polar surface area (TPSA) is 62.3 Å². The highest BCUT2D eigenvalue weighted by atomic mass is 35.5. The number of hydrogen-bond acceptors (Lipinski definition) is 3. The smallest absolute Gasteiger partial charge is 0.257 e. The van der Waals surface area contributed by atoms with Gasteiger partial charge in [-0.15, -0.1) is 0 Å². The number of pyridine rings is 1. The van der Waals surface area contributed by atoms with Crippen LogP contribution in [0.5, 0.6) is 0 Å². The number of anilines is 1. The van der Waals surface area contributed by atoms with E-state index >= 15 is 0 Å². The molecule has 0 radical (unpaired) electrons. The molecule has 0 unspecified atom stereocenters. The normalized spacial score (nSPS) is 12.9. The average Bonchev–Trinajstić information content (AvgIpc) is 2.74. The van der Waals surface area contributed by atoms with Crippen LogP contribution in [-0.2, 0) is 24.2 Å². The number of rotatable bonds is 4. The predicted molar refractivity (Wildman–Crippen MR) is 113 cm³/mol. The number of hydrogen-bond donors (Lipinski definition) is 1. The number of nitrogens with zero attached hydrogens (tertiary/aromatic N) is 2. The van der Waals surface area contributed by atoms with Crippen molar-refractivity contribution in [1.82, 2.24) is 9.88 Å². The Morgan fingerprint density at radius 1 is 1.07 bits per heavy atom. The van der Waals surface area contributed by atoms with E-state index in [-0.39, 0.29) is 11.8 Å². The van der Waals surface area contributed by atoms with Gasteiger partial charge in [0.25, 0.3) is 5.91 Å². The third-order valence-electron chi connectivity index (χ3n) is 5.03. The molecule has 2 amide bonds. The molecule has 4 rings (SSSR count). The average molecular weight is 406 g/mol. The first-order chi connectivity index (χ1) is 14.1. The Morgan fingerprint density at radius 3 is 2.72 bits per heavy atom. The lowest BCUT2D eigenvalue weighted by Gasteiger charge is -2.29. The first kappa shape index (κ1) is 19.2. The van der Waals surface area contributed by atoms with E-state index in [1.165, 1.54) is 5.56 Å². The van der Waals surface area contributed by atoms with Crippen LogP contribution in [0.4, 0.5) is 5.69 Å². The second kappa shape index (κ2) is 8.45. The molecule has 1 aromatic heterocycles. The fraction of sp³-hybridized carbons (Fsp3) is 0.174. The Labute approximate surface area is 174 Å². The third-order valence-corrected chi connectivity index (χ3v) is 5.36. The van der Waals surface area contributed by atoms with E-state index in [2.05, 4.69) is 10.3 Å². The van der Waals surface area contributed by atoms with Gasteiger partial charge >= 0.3 is 0 Å². The van der Waals surface area contributed by atoms with E-state index in [9.17, 15) is 9.59 Å². The summed E-state index contributed by atoms with van der Waals surface area (Å²) in [5.74, 6) is -0.176. The van der Waals surface area contributed by atoms with Crippen molar-refractivity contribution in [2.45, 2.75) is 19.4 Å². The fourth-order valence-corrected chi connectivity index (χ4v) is 3.70. The van der Waals surface area contributed by atoms with Crippen LogP contribution >= 0.6 is 11.6 Å². The lowest BCUT2D eigenvalue weighted by Crippen LogP contribution is -2.37. The largest absolute Gasteiger partial charge is 0.338 e. The minimum Gasteiger partial charge on any atom is -0.338 e. The summed E-state index contributed by atoms with van der Waals surface area (Å²) in [5, 5.41) is 3.31. The number of amides is 2. The zero-order valence-electron chi connectivity index (χ0n) is 15.8. The molecule has 146 valence electrons. The summed E-state index contributed by atoms with van der Waals surface area (Å²) in [6, 6.07) is 16.5. The van der Waals surface area contributed by atoms with Gasteiger partial charge in [0.05, 0.1) is 17.0 Å². The van der Waals surface area contributed by atoms with Crippen LogP contribution in [0, 0.1) is 0 Å². The fourth-order valence-electron chi connectivity index (χ4n) is 3.48. The lowest BCUT2D eigenvalue weighted by atomic mass is 9.98. The molecule has 0 spiro atoms. The summed E-state index contributed by atoms with van der Waals surface area (Å²) in [5.41, 5.74) is 4.28. The first-order valence-electron chi connectivity index (χ1n) is 9.44. The van der Waals surface area contributed by atoms with Crippen LogP contribution in [0.25, 0.3) is 0 Å². The molecule has 0 fully saturated rings. The van der Waals surface area contributed by atoms with Gasteiger partial charge in [-0.3, -0.25) is 14.6 Å². The first-order valence-corrected chi connectivity index (χ1v) is 9.82. The lowest BCUT2D eigenvalue weighted by molar-refractivity contribution is -0.131. The molecule has 0 saturated carbocycles. The number of benzene rings is 2. The minimum atomic E-state index is -0.254. The van der Waals surface area contributed by atoms with Crippen LogP contribution in [-0.4, -0.2) is 28.2 Å². The van der Waals surface area contributed by atoms with Gasteiger partial charge in [-0.2, -0.15) is 0 Å². The Kier molecular flexibility index (Phi) is 5.58. The van der Waals surface area contributed by atoms with Crippen LogP contribution < -0.4 is 5.32 Å². The van der Waals surface area contributed by atoms with Crippen LogP contribution in [0.2, 0.25) is 5.02 Å². The van der Waals surface area contributed by atoms with Crippen molar-refractivity contribution < 1.29 is 9.59 Å². The van der Waals surface area contributed by atoms with E-state index in [0.29, 0.717) is 35.8 Å². The minimum absolute atomic E-state index is 0.0779. The zero-order chi connectivity index (χ0) is 20.2. The number of nitrogens with one attached hydrogen (secondary N) is 1. The predicted octanol–water partition coefficient (Wildman–Crippen LogP) is 4.11. The van der Waals surface area contributed by atoms with Gasteiger partial charge in [-0.25, -0.2) is 0 Å². The van der Waals surface area contributed by atoms with Crippen LogP contribution in [0.3, 0.4) is 0 Å². The van der Waals surface area contributed by atoms with Gasteiger partial charge in [0.15, 0.2) is 0 Å². The molecule has 29 heavy (non-hydrogen) atoms. The van der Waals surface area contributed by atoms with E-state index in [1.54, 1.807) is 36.7 Å². The van der Waals surface area contributed by atoms with Crippen molar-refractivity contribution in [2.75, 3.05) is 11.9 Å². The maximum atomic E-state index is 12.7. The van der Waals surface area contributed by atoms with Crippen molar-refractivity contribution in [3.05, 3.63) is 94.3 Å². The Morgan fingerprint density at radius 2 is 1.93 bits per heavy atom. The summed E-state index contributed by atoms with van der Waals surface area (Å²) < 4.78 is 0. The summed E-state index contributed by atoms with van der Waals surface area (Å²) in [6.07, 6.45) is 4.56. The molecule has 0 bridgehead atoms. The highest BCUT2D eigenvalue weighted by Crippen LogP contribution is 2.24. The quantitative estimate of drug-likeness (QED) is 0.710. The second-order valence-electron chi connectivity index (χ2n) is 7.02. The summed E-state index contributed by atoms with van der Waals surface area (Å²) in [6.45, 7) is 1.22. The maximum absolute atomic E-state index is 12.7. The number of carbonyl (C=O) groups is 2. The van der Waals surface area contributed by atoms with Gasteiger partial charge in [0.2, 0.25) is 5.91 Å². The van der Waals surface area contributed by atoms with Crippen LogP contribution in [0.1, 0.15) is 27.0 Å². The van der Waals surface area contributed by atoms with E-state index < -0.39 is 0 Å². The molecule has 5 nitrogen and oxygen atoms in total. The molecule has 3 aromatic rings. The molecule has 6 heteroatoms. The number of aromatic nitrogens is 1. The van der Waals surface area contributed by atoms with Crippen LogP contribution in [0.15, 0.2) is 67.0 Å². The molecule has 2 heterocycles. The van der Waals surface area contributed by atoms with Crippen molar-refractivity contribution in [3.8, 4) is 0 Å². The zero-order valence-corrected chi connectivity index (χ0v) is 16.5. The summed E-state index contributed by atoms with van der Waals surface area (Å²) in [7, 11) is 0. The van der Waals surface area contributed by atoms with E-state index in [0.717, 1.165) is 17.5 Å². The van der Waals surface area contributed by atoms with Gasteiger partial charge in [0, 0.05) is 31.2 Å². The number of halogens is 1. The summed E-state index contributed by atoms with van der Waals surface area (Å²) in [4.78, 5) is 31.1. The van der Waals surface area contributed by atoms with Crippen molar-refractivity contribution in [1.29, 1.82) is 0 Å². The molecule has 1 aliphatic rings. The van der Waals surface area contributed by atoms with E-state index in [1.807, 2.05) is 35.2 Å². The second-order valence-corrected chi connectivity index (χ2v) is 7.43. The van der Waals surface area contributed by atoms with Crippen molar-refractivity contribution in [3.63, 3.8) is 0 Å². The molecule has 2 aromatic carbocycles. The maximum Gasteiger partial charge on any atom is 0.257 e. The molecule has 1 N–H and O–H groups in total. The Balaban J connectivity index is 1.46. The van der Waals surface area contributed by atoms with Crippen molar-refractivity contribution >= 4 is 29.1 Å². The Hall–Kier alpha value is -3.18. The van der Waals surface area contributed by atoms with Gasteiger partial charge in [0.1, 0.15) is 0 Å². The molecule has 1 aliphatic heterocycles. The van der Waals surface area contributed by atoms with Gasteiger partial charge < -0.3 is 10.2 Å².